The minimum Gasteiger partial charge on any atom is -0.363 e. The molecule has 0 fully saturated rings. The maximum absolute atomic E-state index is 12.9. The van der Waals surface area contributed by atoms with Crippen LogP contribution >= 0.6 is 0 Å². The Bertz CT molecular complexity index is 999. The van der Waals surface area contributed by atoms with E-state index in [1.54, 1.807) is 49.9 Å². The van der Waals surface area contributed by atoms with E-state index in [2.05, 4.69) is 15.4 Å². The Labute approximate surface area is 161 Å². The quantitative estimate of drug-likeness (QED) is 0.592. The van der Waals surface area contributed by atoms with E-state index in [4.69, 9.17) is 5.73 Å². The lowest BCUT2D eigenvalue weighted by atomic mass is 10.0. The predicted octanol–water partition coefficient (Wildman–Crippen LogP) is 0.878. The van der Waals surface area contributed by atoms with Crippen LogP contribution in [0.2, 0.25) is 0 Å². The first kappa shape index (κ1) is 19.0. The minimum atomic E-state index is -1.10. The van der Waals surface area contributed by atoms with Gasteiger partial charge in [-0.25, -0.2) is 0 Å². The summed E-state index contributed by atoms with van der Waals surface area (Å²) in [6.07, 6.45) is 4.91. The van der Waals surface area contributed by atoms with Crippen molar-refractivity contribution in [3.63, 3.8) is 0 Å². The monoisotopic (exact) mass is 377 g/mol. The molecule has 0 aliphatic heterocycles. The van der Waals surface area contributed by atoms with Crippen LogP contribution in [0.1, 0.15) is 15.9 Å². The van der Waals surface area contributed by atoms with Crippen LogP contribution in [0.25, 0.3) is 11.3 Å². The first-order valence-corrected chi connectivity index (χ1v) is 8.58. The van der Waals surface area contributed by atoms with Crippen molar-refractivity contribution in [2.75, 3.05) is 0 Å². The van der Waals surface area contributed by atoms with Gasteiger partial charge in [0.2, 0.25) is 5.78 Å². The van der Waals surface area contributed by atoms with Crippen molar-refractivity contribution < 1.29 is 14.4 Å². The number of pyridine rings is 1. The second kappa shape index (κ2) is 8.26. The van der Waals surface area contributed by atoms with E-state index in [-0.39, 0.29) is 12.0 Å². The molecule has 142 valence electrons. The molecule has 3 rings (SSSR count). The van der Waals surface area contributed by atoms with Gasteiger partial charge in [0.15, 0.2) is 0 Å². The van der Waals surface area contributed by atoms with Crippen LogP contribution in [0.3, 0.4) is 0 Å². The molecule has 3 N–H and O–H groups in total. The summed E-state index contributed by atoms with van der Waals surface area (Å²) >= 11 is 0. The molecule has 1 aromatic carbocycles. The minimum absolute atomic E-state index is 0.150. The van der Waals surface area contributed by atoms with Gasteiger partial charge in [-0.2, -0.15) is 5.10 Å². The van der Waals surface area contributed by atoms with Crippen LogP contribution in [0, 0.1) is 0 Å². The van der Waals surface area contributed by atoms with Crippen LogP contribution in [0.4, 0.5) is 0 Å². The molecule has 3 aromatic rings. The Balaban J connectivity index is 1.88. The zero-order valence-corrected chi connectivity index (χ0v) is 15.2. The van der Waals surface area contributed by atoms with Gasteiger partial charge in [0.05, 0.1) is 5.56 Å². The van der Waals surface area contributed by atoms with Crippen LogP contribution in [-0.2, 0) is 23.1 Å². The molecule has 0 aliphatic carbocycles. The Morgan fingerprint density at radius 1 is 1.14 bits per heavy atom. The van der Waals surface area contributed by atoms with Crippen molar-refractivity contribution in [2.24, 2.45) is 12.8 Å². The summed E-state index contributed by atoms with van der Waals surface area (Å²) in [5, 5.41) is 6.94. The Morgan fingerprint density at radius 2 is 1.89 bits per heavy atom. The molecule has 8 nitrogen and oxygen atoms in total. The number of nitrogens with zero attached hydrogens (tertiary/aromatic N) is 3. The van der Waals surface area contributed by atoms with Gasteiger partial charge in [-0.15, -0.1) is 0 Å². The molecule has 2 aromatic heterocycles. The molecule has 28 heavy (non-hydrogen) atoms. The highest BCUT2D eigenvalue weighted by molar-refractivity contribution is 6.38. The predicted molar refractivity (Wildman–Crippen MR) is 102 cm³/mol. The van der Waals surface area contributed by atoms with E-state index in [0.29, 0.717) is 11.3 Å². The van der Waals surface area contributed by atoms with Crippen molar-refractivity contribution in [2.45, 2.75) is 12.5 Å². The molecular formula is C20H19N5O3. The number of nitrogens with one attached hydrogen (secondary N) is 1. The van der Waals surface area contributed by atoms with E-state index >= 15 is 0 Å². The molecule has 0 bridgehead atoms. The SMILES string of the molecule is Cn1cc(C(=O)NC(Cc2ccccc2)C(=O)C(N)=O)c(-c2cccnc2)n1. The van der Waals surface area contributed by atoms with Gasteiger partial charge in [-0.05, 0) is 17.7 Å². The zero-order chi connectivity index (χ0) is 20.1. The molecule has 0 radical (unpaired) electrons. The van der Waals surface area contributed by atoms with Crippen molar-refractivity contribution in [3.05, 3.63) is 72.2 Å². The summed E-state index contributed by atoms with van der Waals surface area (Å²) in [6, 6.07) is 11.5. The maximum Gasteiger partial charge on any atom is 0.287 e. The number of Topliss-reactive ketones (excluding diaryl/α,β-unsaturated/α-hetero) is 1. The number of carbonyl (C=O) groups excluding carboxylic acids is 3. The first-order chi connectivity index (χ1) is 13.5. The largest absolute Gasteiger partial charge is 0.363 e. The normalized spacial score (nSPS) is 11.6. The molecule has 1 atom stereocenters. The standard InChI is InChI=1S/C20H19N5O3/c1-25-12-15(17(24-25)14-8-5-9-22-11-14)20(28)23-16(18(26)19(21)27)10-13-6-3-2-4-7-13/h2-9,11-12,16H,10H2,1H3,(H2,21,27)(H,23,28). The fraction of sp³-hybridized carbons (Fsp3) is 0.150. The number of rotatable bonds is 7. The maximum atomic E-state index is 12.9. The third kappa shape index (κ3) is 4.29. The van der Waals surface area contributed by atoms with Crippen LogP contribution in [-0.4, -0.2) is 38.4 Å². The van der Waals surface area contributed by atoms with Crippen molar-refractivity contribution >= 4 is 17.6 Å². The lowest BCUT2D eigenvalue weighted by molar-refractivity contribution is -0.137. The summed E-state index contributed by atoms with van der Waals surface area (Å²) in [4.78, 5) is 40.6. The van der Waals surface area contributed by atoms with E-state index in [1.165, 1.54) is 4.68 Å². The highest BCUT2D eigenvalue weighted by atomic mass is 16.2. The Morgan fingerprint density at radius 3 is 2.54 bits per heavy atom. The number of carbonyl (C=O) groups is 3. The Kier molecular flexibility index (Phi) is 5.59. The summed E-state index contributed by atoms with van der Waals surface area (Å²) in [5.74, 6) is -2.48. The number of benzene rings is 1. The number of aryl methyl sites for hydroxylation is 1. The lowest BCUT2D eigenvalue weighted by Gasteiger charge is -2.16. The molecule has 2 amide bonds. The topological polar surface area (TPSA) is 120 Å². The number of hydrogen-bond donors (Lipinski definition) is 2. The summed E-state index contributed by atoms with van der Waals surface area (Å²) in [6.45, 7) is 0. The molecule has 0 aliphatic rings. The van der Waals surface area contributed by atoms with Crippen LogP contribution in [0.5, 0.6) is 0 Å². The smallest absolute Gasteiger partial charge is 0.287 e. The molecular weight excluding hydrogens is 358 g/mol. The van der Waals surface area contributed by atoms with Gasteiger partial charge in [0, 0.05) is 37.6 Å². The van der Waals surface area contributed by atoms with Crippen LogP contribution in [0.15, 0.2) is 61.1 Å². The highest BCUT2D eigenvalue weighted by Crippen LogP contribution is 2.21. The third-order valence-electron chi connectivity index (χ3n) is 4.16. The third-order valence-corrected chi connectivity index (χ3v) is 4.16. The van der Waals surface area contributed by atoms with Gasteiger partial charge in [0.25, 0.3) is 11.8 Å². The van der Waals surface area contributed by atoms with E-state index in [1.807, 2.05) is 18.2 Å². The summed E-state index contributed by atoms with van der Waals surface area (Å²) in [7, 11) is 1.69. The first-order valence-electron chi connectivity index (χ1n) is 8.58. The number of nitrogens with two attached hydrogens (primary N) is 1. The molecule has 1 unspecified atom stereocenters. The van der Waals surface area contributed by atoms with Gasteiger partial charge < -0.3 is 11.1 Å². The number of amides is 2. The Hall–Kier alpha value is -3.81. The fourth-order valence-corrected chi connectivity index (χ4v) is 2.84. The lowest BCUT2D eigenvalue weighted by Crippen LogP contribution is -2.47. The number of primary amides is 1. The molecule has 0 saturated heterocycles. The second-order valence-electron chi connectivity index (χ2n) is 6.25. The average Bonchev–Trinajstić information content (AvgIpc) is 3.10. The number of aromatic nitrogens is 3. The highest BCUT2D eigenvalue weighted by Gasteiger charge is 2.27. The van der Waals surface area contributed by atoms with Gasteiger partial charge >= 0.3 is 0 Å². The molecule has 0 saturated carbocycles. The molecule has 2 heterocycles. The van der Waals surface area contributed by atoms with E-state index < -0.39 is 23.6 Å². The number of ketones is 1. The summed E-state index contributed by atoms with van der Waals surface area (Å²) < 4.78 is 1.50. The van der Waals surface area contributed by atoms with E-state index in [0.717, 1.165) is 5.56 Å². The molecule has 8 heteroatoms. The van der Waals surface area contributed by atoms with Crippen molar-refractivity contribution in [1.82, 2.24) is 20.1 Å². The fourth-order valence-electron chi connectivity index (χ4n) is 2.84. The second-order valence-corrected chi connectivity index (χ2v) is 6.25. The van der Waals surface area contributed by atoms with Gasteiger partial charge in [0.1, 0.15) is 11.7 Å². The summed E-state index contributed by atoms with van der Waals surface area (Å²) in [5.41, 5.74) is 7.32. The van der Waals surface area contributed by atoms with Crippen LogP contribution < -0.4 is 11.1 Å². The zero-order valence-electron chi connectivity index (χ0n) is 15.2. The van der Waals surface area contributed by atoms with Gasteiger partial charge in [-0.1, -0.05) is 30.3 Å². The van der Waals surface area contributed by atoms with Crippen molar-refractivity contribution in [3.8, 4) is 11.3 Å². The molecule has 0 spiro atoms. The van der Waals surface area contributed by atoms with E-state index in [9.17, 15) is 14.4 Å². The van der Waals surface area contributed by atoms with Gasteiger partial charge in [-0.3, -0.25) is 24.0 Å². The number of hydrogen-bond acceptors (Lipinski definition) is 5. The average molecular weight is 377 g/mol. The van der Waals surface area contributed by atoms with Crippen molar-refractivity contribution in [1.29, 1.82) is 0 Å².